The normalized spacial score (nSPS) is 16.8. The molecule has 0 saturated carbocycles. The third-order valence-corrected chi connectivity index (χ3v) is 6.16. The Labute approximate surface area is 172 Å². The quantitative estimate of drug-likeness (QED) is 0.724. The zero-order valence-corrected chi connectivity index (χ0v) is 17.2. The number of quaternary nitrogens is 1. The minimum atomic E-state index is -2.85. The number of nitrogens with zero attached hydrogens (tertiary/aromatic N) is 1. The van der Waals surface area contributed by atoms with Gasteiger partial charge in [-0.15, -0.1) is 11.3 Å². The second-order valence-electron chi connectivity index (χ2n) is 7.55. The summed E-state index contributed by atoms with van der Waals surface area (Å²) < 4.78 is 28.8. The maximum atomic E-state index is 12.5. The molecule has 0 aliphatic heterocycles. The maximum Gasteiger partial charge on any atom is 0.387 e. The first-order valence-corrected chi connectivity index (χ1v) is 10.4. The van der Waals surface area contributed by atoms with E-state index in [0.717, 1.165) is 35.3 Å². The number of likely N-dealkylation sites (N-methyl/N-ethyl adjacent to an activating group) is 1. The van der Waals surface area contributed by atoms with Gasteiger partial charge >= 0.3 is 6.61 Å². The predicted molar refractivity (Wildman–Crippen MR) is 107 cm³/mol. The number of benzene rings is 1. The molecule has 0 fully saturated rings. The Balaban J connectivity index is 1.57. The largest absolute Gasteiger partial charge is 0.435 e. The zero-order chi connectivity index (χ0) is 21.0. The molecule has 1 aliphatic rings. The summed E-state index contributed by atoms with van der Waals surface area (Å²) in [6.45, 7) is 0.157. The second-order valence-corrected chi connectivity index (χ2v) is 8.65. The van der Waals surface area contributed by atoms with Crippen molar-refractivity contribution in [3.05, 3.63) is 45.8 Å². The summed E-state index contributed by atoms with van der Waals surface area (Å²) in [5, 5.41) is 13.1. The van der Waals surface area contributed by atoms with Crippen LogP contribution in [0.15, 0.2) is 24.3 Å². The highest BCUT2D eigenvalue weighted by Gasteiger charge is 2.25. The van der Waals surface area contributed by atoms with E-state index in [9.17, 15) is 18.8 Å². The van der Waals surface area contributed by atoms with Crippen LogP contribution in [-0.2, 0) is 24.2 Å². The van der Waals surface area contributed by atoms with Gasteiger partial charge in [0.15, 0.2) is 6.54 Å². The van der Waals surface area contributed by atoms with Crippen LogP contribution in [0, 0.1) is 17.2 Å². The number of nitriles is 1. The van der Waals surface area contributed by atoms with Crippen LogP contribution in [0.25, 0.3) is 0 Å². The number of anilines is 1. The Kier molecular flexibility index (Phi) is 6.83. The van der Waals surface area contributed by atoms with Gasteiger partial charge in [-0.3, -0.25) is 4.79 Å². The molecule has 5 nitrogen and oxygen atoms in total. The lowest BCUT2D eigenvalue weighted by molar-refractivity contribution is -0.885. The van der Waals surface area contributed by atoms with E-state index in [1.54, 1.807) is 12.1 Å². The number of hydrogen-bond donors (Lipinski definition) is 2. The van der Waals surface area contributed by atoms with Crippen molar-refractivity contribution in [3.63, 3.8) is 0 Å². The number of nitrogens with one attached hydrogen (secondary N) is 2. The number of halogens is 2. The van der Waals surface area contributed by atoms with Crippen LogP contribution < -0.4 is 15.0 Å². The Morgan fingerprint density at radius 1 is 1.41 bits per heavy atom. The van der Waals surface area contributed by atoms with Gasteiger partial charge < -0.3 is 15.0 Å². The Bertz CT molecular complexity index is 906. The molecule has 1 amide bonds. The lowest BCUT2D eigenvalue weighted by Gasteiger charge is -2.17. The maximum absolute atomic E-state index is 12.5. The van der Waals surface area contributed by atoms with Crippen molar-refractivity contribution in [2.75, 3.05) is 18.9 Å². The molecule has 0 saturated heterocycles. The first-order chi connectivity index (χ1) is 13.9. The highest BCUT2D eigenvalue weighted by atomic mass is 32.1. The van der Waals surface area contributed by atoms with Gasteiger partial charge in [0.2, 0.25) is 0 Å². The Hall–Kier alpha value is -2.50. The number of amides is 1. The van der Waals surface area contributed by atoms with E-state index in [-0.39, 0.29) is 18.2 Å². The zero-order valence-electron chi connectivity index (χ0n) is 16.4. The SMILES string of the molecule is C[C@H]1CCc2c(sc(NC(=O)C[NH+](C)Cc3ccc(OC(F)F)cc3)c2C#N)C1. The molecule has 0 spiro atoms. The second kappa shape index (κ2) is 9.33. The lowest BCUT2D eigenvalue weighted by atomic mass is 9.89. The molecule has 2 aromatic rings. The molecular formula is C21H24F2N3O2S+. The van der Waals surface area contributed by atoms with Crippen molar-refractivity contribution in [2.24, 2.45) is 5.92 Å². The first kappa shape index (κ1) is 21.2. The lowest BCUT2D eigenvalue weighted by Crippen LogP contribution is -3.08. The summed E-state index contributed by atoms with van der Waals surface area (Å²) in [6.07, 6.45) is 2.92. The number of carbonyl (C=O) groups excluding carboxylic acids is 1. The van der Waals surface area contributed by atoms with E-state index in [2.05, 4.69) is 23.0 Å². The monoisotopic (exact) mass is 420 g/mol. The molecule has 0 bridgehead atoms. The molecule has 1 heterocycles. The van der Waals surface area contributed by atoms with Crippen LogP contribution in [0.1, 0.15) is 34.9 Å². The van der Waals surface area contributed by atoms with E-state index in [0.29, 0.717) is 23.0 Å². The molecule has 1 aromatic heterocycles. The van der Waals surface area contributed by atoms with Gasteiger partial charge in [-0.25, -0.2) is 0 Å². The highest BCUT2D eigenvalue weighted by molar-refractivity contribution is 7.16. The summed E-state index contributed by atoms with van der Waals surface area (Å²) in [4.78, 5) is 14.6. The van der Waals surface area contributed by atoms with Crippen molar-refractivity contribution >= 4 is 22.2 Å². The fourth-order valence-electron chi connectivity index (χ4n) is 3.60. The molecular weight excluding hydrogens is 396 g/mol. The average molecular weight is 421 g/mol. The van der Waals surface area contributed by atoms with Gasteiger partial charge in [0.05, 0.1) is 12.6 Å². The van der Waals surface area contributed by atoms with E-state index < -0.39 is 6.61 Å². The summed E-state index contributed by atoms with van der Waals surface area (Å²) in [5.41, 5.74) is 2.62. The van der Waals surface area contributed by atoms with Gasteiger partial charge in [-0.2, -0.15) is 14.0 Å². The number of fused-ring (bicyclic) bond motifs is 1. The van der Waals surface area contributed by atoms with Crippen molar-refractivity contribution in [2.45, 2.75) is 39.3 Å². The van der Waals surface area contributed by atoms with E-state index in [4.69, 9.17) is 0 Å². The van der Waals surface area contributed by atoms with E-state index in [1.807, 2.05) is 7.05 Å². The van der Waals surface area contributed by atoms with Crippen LogP contribution in [0.4, 0.5) is 13.8 Å². The topological polar surface area (TPSA) is 66.6 Å². The van der Waals surface area contributed by atoms with E-state index >= 15 is 0 Å². The summed E-state index contributed by atoms with van der Waals surface area (Å²) in [5.74, 6) is 0.562. The smallest absolute Gasteiger partial charge is 0.387 e. The van der Waals surface area contributed by atoms with Gasteiger partial charge in [0.25, 0.3) is 5.91 Å². The number of rotatable bonds is 7. The van der Waals surface area contributed by atoms with Gasteiger partial charge in [-0.1, -0.05) is 6.92 Å². The average Bonchev–Trinajstić information content (AvgIpc) is 2.98. The van der Waals surface area contributed by atoms with E-state index in [1.165, 1.54) is 28.3 Å². The fourth-order valence-corrected chi connectivity index (χ4v) is 4.98. The molecule has 0 radical (unpaired) electrons. The Morgan fingerprint density at radius 2 is 2.14 bits per heavy atom. The van der Waals surface area contributed by atoms with Crippen LogP contribution in [-0.4, -0.2) is 26.1 Å². The van der Waals surface area contributed by atoms with Gasteiger partial charge in [0.1, 0.15) is 23.4 Å². The van der Waals surface area contributed by atoms with Crippen molar-refractivity contribution in [1.82, 2.24) is 0 Å². The van der Waals surface area contributed by atoms with Gasteiger partial charge in [-0.05, 0) is 55.0 Å². The molecule has 1 aliphatic carbocycles. The van der Waals surface area contributed by atoms with Crippen LogP contribution in [0.5, 0.6) is 5.75 Å². The third kappa shape index (κ3) is 5.52. The van der Waals surface area contributed by atoms with Crippen LogP contribution >= 0.6 is 11.3 Å². The molecule has 2 N–H and O–H groups in total. The van der Waals surface area contributed by atoms with Crippen molar-refractivity contribution in [1.29, 1.82) is 5.26 Å². The van der Waals surface area contributed by atoms with Crippen molar-refractivity contribution in [3.8, 4) is 11.8 Å². The van der Waals surface area contributed by atoms with Crippen LogP contribution in [0.3, 0.4) is 0 Å². The van der Waals surface area contributed by atoms with Crippen LogP contribution in [0.2, 0.25) is 0 Å². The molecule has 2 atom stereocenters. The summed E-state index contributed by atoms with van der Waals surface area (Å²) in [7, 11) is 1.88. The van der Waals surface area contributed by atoms with Crippen molar-refractivity contribution < 1.29 is 23.2 Å². The highest BCUT2D eigenvalue weighted by Crippen LogP contribution is 2.39. The van der Waals surface area contributed by atoms with Gasteiger partial charge in [0, 0.05) is 10.4 Å². The summed E-state index contributed by atoms with van der Waals surface area (Å²) >= 11 is 1.52. The minimum Gasteiger partial charge on any atom is -0.435 e. The molecule has 8 heteroatoms. The molecule has 1 aromatic carbocycles. The molecule has 3 rings (SSSR count). The fraction of sp³-hybridized carbons (Fsp3) is 0.429. The standard InChI is InChI=1S/C21H23F2N3O2S/c1-13-3-8-16-17(10-24)20(29-18(16)9-13)25-19(27)12-26(2)11-14-4-6-15(7-5-14)28-21(22)23/h4-7,13,21H,3,8-9,11-12H2,1-2H3,(H,25,27)/p+1/t13-/m0/s1. The number of hydrogen-bond acceptors (Lipinski definition) is 4. The molecule has 1 unspecified atom stereocenters. The number of alkyl halides is 2. The third-order valence-electron chi connectivity index (χ3n) is 4.99. The number of carbonyl (C=O) groups is 1. The summed E-state index contributed by atoms with van der Waals surface area (Å²) in [6, 6.07) is 8.66. The number of thiophene rings is 1. The Morgan fingerprint density at radius 3 is 2.79 bits per heavy atom. The molecule has 154 valence electrons. The number of ether oxygens (including phenoxy) is 1. The molecule has 29 heavy (non-hydrogen) atoms. The predicted octanol–water partition coefficient (Wildman–Crippen LogP) is 3.00. The minimum absolute atomic E-state index is 0.110. The first-order valence-electron chi connectivity index (χ1n) is 9.55.